The summed E-state index contributed by atoms with van der Waals surface area (Å²) in [5.74, 6) is 0.290. The number of halogens is 1. The summed E-state index contributed by atoms with van der Waals surface area (Å²) in [6.07, 6.45) is 1.66. The molecule has 5 nitrogen and oxygen atoms in total. The Morgan fingerprint density at radius 1 is 1.28 bits per heavy atom. The molecule has 0 atom stereocenters. The van der Waals surface area contributed by atoms with E-state index in [1.807, 2.05) is 30.3 Å². The van der Waals surface area contributed by atoms with E-state index in [1.165, 1.54) is 0 Å². The molecule has 0 aliphatic heterocycles. The topological polar surface area (TPSA) is 80.7 Å². The smallest absolute Gasteiger partial charge is 0.230 e. The highest BCUT2D eigenvalue weighted by Crippen LogP contribution is 2.36. The predicted octanol–water partition coefficient (Wildman–Crippen LogP) is 3.08. The molecule has 1 aromatic carbocycles. The van der Waals surface area contributed by atoms with Crippen molar-refractivity contribution in [2.45, 2.75) is 0 Å². The maximum Gasteiger partial charge on any atom is 0.230 e. The third-order valence-electron chi connectivity index (χ3n) is 2.59. The van der Waals surface area contributed by atoms with E-state index in [0.717, 1.165) is 21.3 Å². The fraction of sp³-hybridized carbons (Fsp3) is 0. The van der Waals surface area contributed by atoms with E-state index in [-0.39, 0.29) is 5.88 Å². The monoisotopic (exact) mass is 304 g/mol. The third-order valence-corrected chi connectivity index (χ3v) is 3.08. The van der Waals surface area contributed by atoms with Gasteiger partial charge in [0.2, 0.25) is 5.88 Å². The highest BCUT2D eigenvalue weighted by molar-refractivity contribution is 9.10. The number of nitrogen functional groups attached to an aromatic ring is 1. The Kier molecular flexibility index (Phi) is 2.64. The van der Waals surface area contributed by atoms with Crippen molar-refractivity contribution in [3.63, 3.8) is 0 Å². The number of nitrogens with zero attached hydrogens (tertiary/aromatic N) is 2. The molecule has 6 heteroatoms. The van der Waals surface area contributed by atoms with Gasteiger partial charge in [-0.15, -0.1) is 0 Å². The third kappa shape index (κ3) is 1.80. The number of aromatic nitrogens is 3. The fourth-order valence-electron chi connectivity index (χ4n) is 1.80. The molecule has 0 unspecified atom stereocenters. The van der Waals surface area contributed by atoms with Crippen LogP contribution in [-0.2, 0) is 0 Å². The Morgan fingerprint density at radius 3 is 2.89 bits per heavy atom. The van der Waals surface area contributed by atoms with Crippen LogP contribution in [0, 0.1) is 0 Å². The van der Waals surface area contributed by atoms with Gasteiger partial charge in [0.25, 0.3) is 0 Å². The lowest BCUT2D eigenvalue weighted by molar-refractivity contribution is 0.439. The van der Waals surface area contributed by atoms with E-state index >= 15 is 0 Å². The summed E-state index contributed by atoms with van der Waals surface area (Å²) in [7, 11) is 0. The van der Waals surface area contributed by atoms with Gasteiger partial charge < -0.3 is 10.3 Å². The number of H-pyrrole nitrogens is 1. The van der Waals surface area contributed by atoms with E-state index in [9.17, 15) is 0 Å². The molecule has 90 valence electrons. The van der Waals surface area contributed by atoms with Gasteiger partial charge in [-0.1, -0.05) is 33.2 Å². The van der Waals surface area contributed by atoms with Crippen LogP contribution in [0.5, 0.6) is 0 Å². The maximum atomic E-state index is 5.85. The Bertz CT molecular complexity index is 675. The van der Waals surface area contributed by atoms with Crippen molar-refractivity contribution in [2.75, 3.05) is 5.73 Å². The van der Waals surface area contributed by atoms with Gasteiger partial charge in [-0.25, -0.2) is 0 Å². The van der Waals surface area contributed by atoms with Crippen molar-refractivity contribution in [3.8, 4) is 22.5 Å². The van der Waals surface area contributed by atoms with Gasteiger partial charge in [0.15, 0.2) is 0 Å². The minimum Gasteiger partial charge on any atom is -0.367 e. The van der Waals surface area contributed by atoms with E-state index in [1.54, 1.807) is 6.20 Å². The number of nitrogens with two attached hydrogens (primary N) is 1. The Labute approximate surface area is 111 Å². The summed E-state index contributed by atoms with van der Waals surface area (Å²) in [6.45, 7) is 0. The SMILES string of the molecule is Nc1onc(-c2ccn[nH]2)c1-c1cccc(Br)c1. The lowest BCUT2D eigenvalue weighted by Crippen LogP contribution is -1.88. The van der Waals surface area contributed by atoms with Gasteiger partial charge in [0, 0.05) is 10.7 Å². The van der Waals surface area contributed by atoms with Crippen molar-refractivity contribution >= 4 is 21.8 Å². The highest BCUT2D eigenvalue weighted by atomic mass is 79.9. The number of hydrogen-bond acceptors (Lipinski definition) is 4. The lowest BCUT2D eigenvalue weighted by atomic mass is 10.0. The van der Waals surface area contributed by atoms with Crippen LogP contribution >= 0.6 is 15.9 Å². The second kappa shape index (κ2) is 4.30. The van der Waals surface area contributed by atoms with Crippen molar-refractivity contribution in [1.29, 1.82) is 0 Å². The van der Waals surface area contributed by atoms with E-state index < -0.39 is 0 Å². The molecule has 0 radical (unpaired) electrons. The molecule has 0 bridgehead atoms. The summed E-state index contributed by atoms with van der Waals surface area (Å²) in [5, 5.41) is 10.7. The molecule has 2 heterocycles. The van der Waals surface area contributed by atoms with Crippen molar-refractivity contribution in [1.82, 2.24) is 15.4 Å². The summed E-state index contributed by atoms with van der Waals surface area (Å²) in [4.78, 5) is 0. The van der Waals surface area contributed by atoms with Crippen LogP contribution in [0.15, 0.2) is 45.5 Å². The Balaban J connectivity index is 2.20. The van der Waals surface area contributed by atoms with Crippen LogP contribution in [0.25, 0.3) is 22.5 Å². The number of nitrogens with one attached hydrogen (secondary N) is 1. The molecule has 3 rings (SSSR count). The van der Waals surface area contributed by atoms with Gasteiger partial charge in [-0.05, 0) is 23.8 Å². The molecule has 0 aliphatic rings. The minimum absolute atomic E-state index is 0.290. The molecule has 0 saturated carbocycles. The molecule has 0 saturated heterocycles. The first-order chi connectivity index (χ1) is 8.75. The van der Waals surface area contributed by atoms with Crippen LogP contribution in [0.3, 0.4) is 0 Å². The maximum absolute atomic E-state index is 5.85. The van der Waals surface area contributed by atoms with Gasteiger partial charge >= 0.3 is 0 Å². The van der Waals surface area contributed by atoms with Gasteiger partial charge in [-0.3, -0.25) is 5.10 Å². The zero-order valence-corrected chi connectivity index (χ0v) is 10.8. The summed E-state index contributed by atoms with van der Waals surface area (Å²) in [6, 6.07) is 9.61. The first kappa shape index (κ1) is 11.0. The standard InChI is InChI=1S/C12H9BrN4O/c13-8-3-1-2-7(6-8)10-11(17-18-12(10)14)9-4-5-15-16-9/h1-6H,14H2,(H,15,16). The Hall–Kier alpha value is -2.08. The number of hydrogen-bond donors (Lipinski definition) is 2. The average molecular weight is 305 g/mol. The molecule has 3 N–H and O–H groups in total. The molecule has 0 amide bonds. The Morgan fingerprint density at radius 2 is 2.17 bits per heavy atom. The van der Waals surface area contributed by atoms with Crippen LogP contribution in [0.4, 0.5) is 5.88 Å². The number of rotatable bonds is 2. The van der Waals surface area contributed by atoms with E-state index in [2.05, 4.69) is 31.3 Å². The van der Waals surface area contributed by atoms with Crippen LogP contribution in [0.1, 0.15) is 0 Å². The van der Waals surface area contributed by atoms with Gasteiger partial charge in [0.1, 0.15) is 5.69 Å². The molecular weight excluding hydrogens is 296 g/mol. The number of benzene rings is 1. The van der Waals surface area contributed by atoms with Gasteiger partial charge in [0.05, 0.1) is 11.3 Å². The lowest BCUT2D eigenvalue weighted by Gasteiger charge is -2.01. The van der Waals surface area contributed by atoms with Crippen LogP contribution in [0.2, 0.25) is 0 Å². The fourth-order valence-corrected chi connectivity index (χ4v) is 2.20. The highest BCUT2D eigenvalue weighted by Gasteiger charge is 2.18. The molecule has 3 aromatic rings. The summed E-state index contributed by atoms with van der Waals surface area (Å²) >= 11 is 3.43. The largest absolute Gasteiger partial charge is 0.367 e. The first-order valence-electron chi connectivity index (χ1n) is 5.26. The number of aromatic amines is 1. The quantitative estimate of drug-likeness (QED) is 0.762. The average Bonchev–Trinajstić information content (AvgIpc) is 2.97. The zero-order valence-electron chi connectivity index (χ0n) is 9.22. The van der Waals surface area contributed by atoms with Crippen LogP contribution in [-0.4, -0.2) is 15.4 Å². The first-order valence-corrected chi connectivity index (χ1v) is 6.06. The molecule has 18 heavy (non-hydrogen) atoms. The number of anilines is 1. The van der Waals surface area contributed by atoms with Crippen molar-refractivity contribution < 1.29 is 4.52 Å². The predicted molar refractivity (Wildman–Crippen MR) is 71.6 cm³/mol. The molecule has 0 spiro atoms. The van der Waals surface area contributed by atoms with Crippen molar-refractivity contribution in [2.24, 2.45) is 0 Å². The second-order valence-electron chi connectivity index (χ2n) is 3.75. The van der Waals surface area contributed by atoms with Gasteiger partial charge in [-0.2, -0.15) is 5.10 Å². The van der Waals surface area contributed by atoms with Crippen LogP contribution < -0.4 is 5.73 Å². The molecule has 0 aliphatic carbocycles. The molecule has 0 fully saturated rings. The van der Waals surface area contributed by atoms with E-state index in [0.29, 0.717) is 5.69 Å². The summed E-state index contributed by atoms with van der Waals surface area (Å²) < 4.78 is 6.05. The normalized spacial score (nSPS) is 10.7. The van der Waals surface area contributed by atoms with Crippen molar-refractivity contribution in [3.05, 3.63) is 41.0 Å². The second-order valence-corrected chi connectivity index (χ2v) is 4.67. The molecular formula is C12H9BrN4O. The molecule has 2 aromatic heterocycles. The summed E-state index contributed by atoms with van der Waals surface area (Å²) in [5.41, 5.74) is 8.98. The zero-order chi connectivity index (χ0) is 12.5. The van der Waals surface area contributed by atoms with E-state index in [4.69, 9.17) is 10.3 Å². The minimum atomic E-state index is 0.290.